The molecule has 1 aliphatic carbocycles. The van der Waals surface area contributed by atoms with E-state index in [0.717, 1.165) is 37.7 Å². The number of halogens is 3. The number of nitrogens with zero attached hydrogens (tertiary/aromatic N) is 7. The lowest BCUT2D eigenvalue weighted by molar-refractivity contribution is -0.148. The van der Waals surface area contributed by atoms with E-state index in [1.165, 1.54) is 4.90 Å². The first-order valence-electron chi connectivity index (χ1n) is 17.0. The molecule has 2 fully saturated rings. The van der Waals surface area contributed by atoms with Crippen molar-refractivity contribution in [1.82, 2.24) is 40.6 Å². The molecule has 11 nitrogen and oxygen atoms in total. The summed E-state index contributed by atoms with van der Waals surface area (Å²) in [5, 5.41) is 16.4. The molecule has 3 aliphatic rings. The molecule has 48 heavy (non-hydrogen) atoms. The maximum Gasteiger partial charge on any atom is 0.401 e. The Hall–Kier alpha value is -3.55. The smallest absolute Gasteiger partial charge is 0.350 e. The van der Waals surface area contributed by atoms with Crippen molar-refractivity contribution >= 4 is 17.6 Å². The van der Waals surface area contributed by atoms with Crippen LogP contribution in [0.5, 0.6) is 0 Å². The highest BCUT2D eigenvalue weighted by Gasteiger charge is 2.54. The predicted octanol–water partition coefficient (Wildman–Crippen LogP) is 5.35. The average molecular weight is 674 g/mol. The zero-order chi connectivity index (χ0) is 34.9. The molecule has 1 saturated carbocycles. The summed E-state index contributed by atoms with van der Waals surface area (Å²) in [5.74, 6) is 0.799. The van der Waals surface area contributed by atoms with Crippen molar-refractivity contribution in [2.75, 3.05) is 32.7 Å². The predicted molar refractivity (Wildman–Crippen MR) is 176 cm³/mol. The minimum absolute atomic E-state index is 0.00552. The summed E-state index contributed by atoms with van der Waals surface area (Å²) >= 11 is 0. The standard InChI is InChI=1S/C34H50F3N9O2/c1-31(2,3)14-13-26(23-7-9-24(10-8-23)29(47)38-21-27-40-42-43-41-27)46-30(48)28(45-19-17-44(18-20-45)22-34(35,36)37)39-33(46)15-11-25(12-16-33)32(4,5)6/h7-10,25-26H,11-22H2,1-6H3,(H,38,47)(H,40,41,42,43)/t25?,26-,33?/m1/s1. The van der Waals surface area contributed by atoms with E-state index in [1.54, 1.807) is 12.1 Å². The number of aliphatic imine (C=N–C) groups is 1. The lowest BCUT2D eigenvalue weighted by atomic mass is 9.69. The Bertz CT molecular complexity index is 1430. The summed E-state index contributed by atoms with van der Waals surface area (Å²) in [6.07, 6.45) is 0.581. The fourth-order valence-corrected chi connectivity index (χ4v) is 7.29. The quantitative estimate of drug-likeness (QED) is 0.388. The summed E-state index contributed by atoms with van der Waals surface area (Å²) in [6, 6.07) is 7.10. The first kappa shape index (κ1) is 35.7. The lowest BCUT2D eigenvalue weighted by Crippen LogP contribution is -2.54. The number of nitrogens with one attached hydrogen (secondary N) is 2. The summed E-state index contributed by atoms with van der Waals surface area (Å²) in [5.41, 5.74) is 0.790. The van der Waals surface area contributed by atoms with Crippen LogP contribution in [0.1, 0.15) is 108 Å². The van der Waals surface area contributed by atoms with Crippen LogP contribution in [-0.4, -0.2) is 97.5 Å². The Morgan fingerprint density at radius 2 is 1.67 bits per heavy atom. The van der Waals surface area contributed by atoms with Gasteiger partial charge in [0.15, 0.2) is 11.7 Å². The molecule has 2 amide bonds. The average Bonchev–Trinajstić information content (AvgIpc) is 3.62. The minimum Gasteiger partial charge on any atom is -0.350 e. The number of amides is 2. The SMILES string of the molecule is CC(C)(C)CC[C@H](c1ccc(C(=O)NCc2nn[nH]n2)cc1)N1C(=O)C(N2CCN(CC(F)(F)F)CC2)=NC12CCC(C(C)(C)C)CC2. The van der Waals surface area contributed by atoms with Gasteiger partial charge >= 0.3 is 6.18 Å². The maximum atomic E-state index is 14.7. The summed E-state index contributed by atoms with van der Waals surface area (Å²) in [7, 11) is 0. The van der Waals surface area contributed by atoms with Crippen LogP contribution in [0, 0.1) is 16.7 Å². The second kappa shape index (κ2) is 13.8. The minimum atomic E-state index is -4.26. The van der Waals surface area contributed by atoms with E-state index in [1.807, 2.05) is 21.9 Å². The topological polar surface area (TPSA) is 123 Å². The molecule has 2 N–H and O–H groups in total. The number of hydrogen-bond donors (Lipinski definition) is 2. The number of piperazine rings is 1. The van der Waals surface area contributed by atoms with Gasteiger partial charge in [-0.05, 0) is 73.0 Å². The van der Waals surface area contributed by atoms with Gasteiger partial charge in [0.25, 0.3) is 11.8 Å². The zero-order valence-corrected chi connectivity index (χ0v) is 29.0. The molecule has 5 rings (SSSR count). The Kier molecular flexibility index (Phi) is 10.2. The van der Waals surface area contributed by atoms with Crippen molar-refractivity contribution in [1.29, 1.82) is 0 Å². The fraction of sp³-hybridized carbons (Fsp3) is 0.706. The number of aromatic nitrogens is 4. The molecule has 0 radical (unpaired) electrons. The van der Waals surface area contributed by atoms with Crippen LogP contribution >= 0.6 is 0 Å². The van der Waals surface area contributed by atoms with Crippen LogP contribution in [0.2, 0.25) is 0 Å². The fourth-order valence-electron chi connectivity index (χ4n) is 7.29. The first-order chi connectivity index (χ1) is 22.4. The number of aromatic amines is 1. The Labute approximate surface area is 281 Å². The van der Waals surface area contributed by atoms with Gasteiger partial charge in [0.1, 0.15) is 5.66 Å². The highest BCUT2D eigenvalue weighted by Crippen LogP contribution is 2.50. The van der Waals surface area contributed by atoms with E-state index in [4.69, 9.17) is 4.99 Å². The van der Waals surface area contributed by atoms with Crippen molar-refractivity contribution in [3.63, 3.8) is 0 Å². The Morgan fingerprint density at radius 1 is 1.02 bits per heavy atom. The number of H-pyrrole nitrogens is 1. The van der Waals surface area contributed by atoms with E-state index in [9.17, 15) is 22.8 Å². The van der Waals surface area contributed by atoms with E-state index in [0.29, 0.717) is 42.7 Å². The molecule has 3 heterocycles. The van der Waals surface area contributed by atoms with Crippen LogP contribution in [0.4, 0.5) is 13.2 Å². The molecule has 264 valence electrons. The number of alkyl halides is 3. The molecular formula is C34H50F3N9O2. The van der Waals surface area contributed by atoms with Crippen molar-refractivity contribution < 1.29 is 22.8 Å². The Balaban J connectivity index is 1.43. The highest BCUT2D eigenvalue weighted by atomic mass is 19.4. The third-order valence-electron chi connectivity index (χ3n) is 10.1. The third-order valence-corrected chi connectivity index (χ3v) is 10.1. The number of rotatable bonds is 8. The van der Waals surface area contributed by atoms with Gasteiger partial charge in [-0.15, -0.1) is 10.2 Å². The molecule has 2 aromatic rings. The lowest BCUT2D eigenvalue weighted by Gasteiger charge is -2.47. The molecule has 1 atom stereocenters. The molecule has 14 heteroatoms. The second-order valence-corrected chi connectivity index (χ2v) is 15.9. The van der Waals surface area contributed by atoms with Gasteiger partial charge in [0.2, 0.25) is 0 Å². The third kappa shape index (κ3) is 8.53. The number of carbonyl (C=O) groups excluding carboxylic acids is 2. The van der Waals surface area contributed by atoms with Crippen LogP contribution in [0.25, 0.3) is 0 Å². The van der Waals surface area contributed by atoms with Gasteiger partial charge < -0.3 is 15.1 Å². The number of benzene rings is 1. The van der Waals surface area contributed by atoms with Gasteiger partial charge in [-0.3, -0.25) is 14.5 Å². The number of hydrogen-bond acceptors (Lipinski definition) is 8. The summed E-state index contributed by atoms with van der Waals surface area (Å²) in [4.78, 5) is 38.1. The molecule has 1 spiro atoms. The van der Waals surface area contributed by atoms with E-state index in [2.05, 4.69) is 67.5 Å². The van der Waals surface area contributed by atoms with E-state index in [-0.39, 0.29) is 48.3 Å². The number of carbonyl (C=O) groups is 2. The second-order valence-electron chi connectivity index (χ2n) is 15.9. The summed E-state index contributed by atoms with van der Waals surface area (Å²) in [6.45, 7) is 13.6. The van der Waals surface area contributed by atoms with Crippen molar-refractivity contribution in [3.8, 4) is 0 Å². The monoisotopic (exact) mass is 673 g/mol. The zero-order valence-electron chi connectivity index (χ0n) is 29.0. The van der Waals surface area contributed by atoms with Crippen LogP contribution < -0.4 is 5.32 Å². The van der Waals surface area contributed by atoms with Crippen molar-refractivity contribution in [2.24, 2.45) is 21.7 Å². The summed E-state index contributed by atoms with van der Waals surface area (Å²) < 4.78 is 39.3. The van der Waals surface area contributed by atoms with Gasteiger partial charge in [-0.25, -0.2) is 4.99 Å². The van der Waals surface area contributed by atoms with Crippen LogP contribution in [0.15, 0.2) is 29.3 Å². The normalized spacial score (nSPS) is 23.5. The van der Waals surface area contributed by atoms with E-state index >= 15 is 0 Å². The van der Waals surface area contributed by atoms with Crippen LogP contribution in [-0.2, 0) is 11.3 Å². The Morgan fingerprint density at radius 3 is 2.21 bits per heavy atom. The molecular weight excluding hydrogens is 623 g/mol. The molecule has 2 aliphatic heterocycles. The largest absolute Gasteiger partial charge is 0.401 e. The highest BCUT2D eigenvalue weighted by molar-refractivity contribution is 6.39. The number of tetrazole rings is 1. The van der Waals surface area contributed by atoms with Gasteiger partial charge in [0, 0.05) is 31.7 Å². The van der Waals surface area contributed by atoms with Gasteiger partial charge in [-0.1, -0.05) is 58.9 Å². The van der Waals surface area contributed by atoms with Crippen molar-refractivity contribution in [3.05, 3.63) is 41.2 Å². The van der Waals surface area contributed by atoms with E-state index < -0.39 is 18.4 Å². The van der Waals surface area contributed by atoms with Crippen molar-refractivity contribution in [2.45, 2.75) is 104 Å². The molecule has 1 aromatic carbocycles. The van der Waals surface area contributed by atoms with Crippen LogP contribution in [0.3, 0.4) is 0 Å². The van der Waals surface area contributed by atoms with Gasteiger partial charge in [-0.2, -0.15) is 18.4 Å². The van der Waals surface area contributed by atoms with Gasteiger partial charge in [0.05, 0.1) is 19.1 Å². The number of amidine groups is 1. The molecule has 1 saturated heterocycles. The maximum absolute atomic E-state index is 14.7. The molecule has 0 unspecified atom stereocenters. The first-order valence-corrected chi connectivity index (χ1v) is 17.0. The molecule has 0 bridgehead atoms. The molecule has 1 aromatic heterocycles.